The number of carbonyl (C=O) groups excluding carboxylic acids is 1. The van der Waals surface area contributed by atoms with Gasteiger partial charge in [0.2, 0.25) is 0 Å². The van der Waals surface area contributed by atoms with Crippen LogP contribution < -0.4 is 5.32 Å². The average Bonchev–Trinajstić information content (AvgIpc) is 2.34. The van der Waals surface area contributed by atoms with Gasteiger partial charge >= 0.3 is 0 Å². The molecule has 2 aromatic carbocycles. The fourth-order valence-electron chi connectivity index (χ4n) is 1.72. The molecule has 0 aliphatic carbocycles. The molecule has 0 heterocycles. The molecule has 2 nitrogen and oxygen atoms in total. The van der Waals surface area contributed by atoms with Crippen molar-refractivity contribution < 1.29 is 4.79 Å². The smallest absolute Gasteiger partial charge is 0.272 e. The fraction of sp³-hybridized carbons (Fsp3) is 0.154. The third kappa shape index (κ3) is 3.08. The molecule has 0 aliphatic rings. The highest BCUT2D eigenvalue weighted by Crippen LogP contribution is 2.26. The Hall–Kier alpha value is -0.960. The number of nitrogens with one attached hydrogen (secondary N) is 1. The zero-order chi connectivity index (χ0) is 13.2. The molecule has 18 heavy (non-hydrogen) atoms. The lowest BCUT2D eigenvalue weighted by Gasteiger charge is -2.12. The summed E-state index contributed by atoms with van der Waals surface area (Å²) in [5.41, 5.74) is 0.982. The van der Waals surface area contributed by atoms with Crippen molar-refractivity contribution in [2.24, 2.45) is 0 Å². The van der Waals surface area contributed by atoms with Crippen LogP contribution in [0.4, 0.5) is 0 Å². The van der Waals surface area contributed by atoms with E-state index < -0.39 is 9.70 Å². The van der Waals surface area contributed by atoms with Crippen molar-refractivity contribution in [3.8, 4) is 0 Å². The highest BCUT2D eigenvalue weighted by Gasteiger charge is 2.30. The number of alkyl halides is 3. The first-order valence-electron chi connectivity index (χ1n) is 5.30. The minimum atomic E-state index is -1.93. The molecule has 0 bridgehead atoms. The second-order valence-corrected chi connectivity index (χ2v) is 6.10. The normalized spacial score (nSPS) is 11.5. The summed E-state index contributed by atoms with van der Waals surface area (Å²) in [7, 11) is 0. The van der Waals surface area contributed by atoms with Gasteiger partial charge in [0, 0.05) is 6.54 Å². The Labute approximate surface area is 120 Å². The molecule has 5 heteroatoms. The number of hydrogen-bond donors (Lipinski definition) is 1. The highest BCUT2D eigenvalue weighted by atomic mass is 35.6. The maximum atomic E-state index is 11.5. The van der Waals surface area contributed by atoms with E-state index in [9.17, 15) is 4.79 Å². The molecule has 0 saturated carbocycles. The Balaban J connectivity index is 2.20. The first kappa shape index (κ1) is 13.5. The van der Waals surface area contributed by atoms with Crippen molar-refractivity contribution in [1.82, 2.24) is 5.32 Å². The molecule has 0 aliphatic heterocycles. The number of amides is 1. The van der Waals surface area contributed by atoms with Crippen LogP contribution >= 0.6 is 34.8 Å². The van der Waals surface area contributed by atoms with Crippen molar-refractivity contribution >= 4 is 51.5 Å². The van der Waals surface area contributed by atoms with E-state index >= 15 is 0 Å². The van der Waals surface area contributed by atoms with Crippen molar-refractivity contribution in [3.63, 3.8) is 0 Å². The summed E-state index contributed by atoms with van der Waals surface area (Å²) in [5.74, 6) is -0.625. The van der Waals surface area contributed by atoms with Crippen LogP contribution in [-0.2, 0) is 11.3 Å². The second-order valence-electron chi connectivity index (χ2n) is 3.82. The minimum Gasteiger partial charge on any atom is -0.348 e. The predicted octanol–water partition coefficient (Wildman–Crippen LogP) is 3.83. The summed E-state index contributed by atoms with van der Waals surface area (Å²) in [4.78, 5) is 11.5. The van der Waals surface area contributed by atoms with Gasteiger partial charge in [0.15, 0.2) is 0 Å². The molecular formula is C13H10Cl3NO. The molecule has 0 aromatic heterocycles. The third-order valence-electron chi connectivity index (χ3n) is 2.58. The first-order chi connectivity index (χ1) is 8.48. The van der Waals surface area contributed by atoms with Gasteiger partial charge < -0.3 is 5.32 Å². The summed E-state index contributed by atoms with van der Waals surface area (Å²) in [5, 5.41) is 4.78. The predicted molar refractivity (Wildman–Crippen MR) is 76.1 cm³/mol. The monoisotopic (exact) mass is 301 g/mol. The van der Waals surface area contributed by atoms with Gasteiger partial charge in [0.25, 0.3) is 9.70 Å². The quantitative estimate of drug-likeness (QED) is 0.839. The number of hydrogen-bond acceptors (Lipinski definition) is 1. The van der Waals surface area contributed by atoms with E-state index in [-0.39, 0.29) is 0 Å². The van der Waals surface area contributed by atoms with E-state index in [0.29, 0.717) is 6.54 Å². The standard InChI is InChI=1S/C13H10Cl3NO/c14-13(15,16)12(18)17-8-10-6-3-5-9-4-1-2-7-11(9)10/h1-7H,8H2,(H,17,18). The molecule has 1 N–H and O–H groups in total. The number of rotatable bonds is 2. The SMILES string of the molecule is O=C(NCc1cccc2ccccc12)C(Cl)(Cl)Cl. The second kappa shape index (κ2) is 5.35. The Morgan fingerprint density at radius 2 is 1.72 bits per heavy atom. The molecule has 0 atom stereocenters. The van der Waals surface area contributed by atoms with Gasteiger partial charge in [-0.25, -0.2) is 0 Å². The zero-order valence-electron chi connectivity index (χ0n) is 9.29. The van der Waals surface area contributed by atoms with Gasteiger partial charge in [-0.1, -0.05) is 77.3 Å². The Bertz CT molecular complexity index is 572. The zero-order valence-corrected chi connectivity index (χ0v) is 11.6. The number of halogens is 3. The lowest BCUT2D eigenvalue weighted by Crippen LogP contribution is -2.34. The molecule has 2 aromatic rings. The molecule has 1 amide bonds. The summed E-state index contributed by atoms with van der Waals surface area (Å²) >= 11 is 16.5. The molecule has 2 rings (SSSR count). The van der Waals surface area contributed by atoms with Crippen molar-refractivity contribution in [1.29, 1.82) is 0 Å². The Morgan fingerprint density at radius 3 is 2.44 bits per heavy atom. The van der Waals surface area contributed by atoms with E-state index in [1.54, 1.807) is 0 Å². The summed E-state index contributed by atoms with van der Waals surface area (Å²) in [6, 6.07) is 13.8. The Morgan fingerprint density at radius 1 is 1.06 bits per heavy atom. The molecule has 0 unspecified atom stereocenters. The summed E-state index contributed by atoms with van der Waals surface area (Å²) < 4.78 is -1.93. The Kier molecular flexibility index (Phi) is 4.00. The van der Waals surface area contributed by atoms with Crippen LogP contribution in [0.5, 0.6) is 0 Å². The van der Waals surface area contributed by atoms with Gasteiger partial charge in [-0.3, -0.25) is 4.79 Å². The van der Waals surface area contributed by atoms with Crippen LogP contribution in [0.15, 0.2) is 42.5 Å². The van der Waals surface area contributed by atoms with Gasteiger partial charge in [0.1, 0.15) is 0 Å². The van der Waals surface area contributed by atoms with E-state index in [0.717, 1.165) is 16.3 Å². The highest BCUT2D eigenvalue weighted by molar-refractivity contribution is 6.76. The van der Waals surface area contributed by atoms with Gasteiger partial charge in [0.05, 0.1) is 0 Å². The van der Waals surface area contributed by atoms with Crippen molar-refractivity contribution in [2.45, 2.75) is 10.3 Å². The van der Waals surface area contributed by atoms with Crippen LogP contribution in [0.2, 0.25) is 0 Å². The van der Waals surface area contributed by atoms with E-state index in [1.165, 1.54) is 0 Å². The average molecular weight is 303 g/mol. The summed E-state index contributed by atoms with van der Waals surface area (Å²) in [6.07, 6.45) is 0. The molecule has 0 fully saturated rings. The topological polar surface area (TPSA) is 29.1 Å². The van der Waals surface area contributed by atoms with Crippen LogP contribution in [-0.4, -0.2) is 9.70 Å². The van der Waals surface area contributed by atoms with Gasteiger partial charge in [-0.2, -0.15) is 0 Å². The lowest BCUT2D eigenvalue weighted by molar-refractivity contribution is -0.120. The van der Waals surface area contributed by atoms with Crippen molar-refractivity contribution in [3.05, 3.63) is 48.0 Å². The number of fused-ring (bicyclic) bond motifs is 1. The summed E-state index contributed by atoms with van der Waals surface area (Å²) in [6.45, 7) is 0.327. The molecule has 94 valence electrons. The van der Waals surface area contributed by atoms with Crippen LogP contribution in [0.3, 0.4) is 0 Å². The van der Waals surface area contributed by atoms with E-state index in [2.05, 4.69) is 5.32 Å². The number of carbonyl (C=O) groups is 1. The first-order valence-corrected chi connectivity index (χ1v) is 6.43. The molecule has 0 spiro atoms. The van der Waals surface area contributed by atoms with Crippen molar-refractivity contribution in [2.75, 3.05) is 0 Å². The fourth-order valence-corrected chi connectivity index (χ4v) is 1.92. The van der Waals surface area contributed by atoms with Crippen LogP contribution in [0.25, 0.3) is 10.8 Å². The minimum absolute atomic E-state index is 0.327. The van der Waals surface area contributed by atoms with E-state index in [4.69, 9.17) is 34.8 Å². The maximum Gasteiger partial charge on any atom is 0.272 e. The number of benzene rings is 2. The lowest BCUT2D eigenvalue weighted by atomic mass is 10.0. The molecule has 0 radical (unpaired) electrons. The van der Waals surface area contributed by atoms with Gasteiger partial charge in [-0.05, 0) is 16.3 Å². The van der Waals surface area contributed by atoms with Crippen LogP contribution in [0.1, 0.15) is 5.56 Å². The molecule has 0 saturated heterocycles. The molecular weight excluding hydrogens is 293 g/mol. The largest absolute Gasteiger partial charge is 0.348 e. The third-order valence-corrected chi connectivity index (χ3v) is 3.09. The maximum absolute atomic E-state index is 11.5. The van der Waals surface area contributed by atoms with Crippen LogP contribution in [0, 0.1) is 0 Å². The van der Waals surface area contributed by atoms with E-state index in [1.807, 2.05) is 42.5 Å². The van der Waals surface area contributed by atoms with Gasteiger partial charge in [-0.15, -0.1) is 0 Å².